The molecular formula is C20H28O4. The normalized spacial score (nSPS) is 31.8. The van der Waals surface area contributed by atoms with Gasteiger partial charge in [-0.25, -0.2) is 9.59 Å². The first-order valence-electron chi connectivity index (χ1n) is 8.74. The fourth-order valence-electron chi connectivity index (χ4n) is 3.31. The van der Waals surface area contributed by atoms with Gasteiger partial charge in [0.25, 0.3) is 0 Å². The van der Waals surface area contributed by atoms with E-state index in [0.29, 0.717) is 17.6 Å². The number of ether oxygens (including phenoxy) is 2. The number of allylic oxidation sites excluding steroid dienone is 2. The molecule has 1 aliphatic carbocycles. The van der Waals surface area contributed by atoms with E-state index >= 15 is 0 Å². The van der Waals surface area contributed by atoms with Crippen molar-refractivity contribution in [3.63, 3.8) is 0 Å². The summed E-state index contributed by atoms with van der Waals surface area (Å²) in [6, 6.07) is 0. The summed E-state index contributed by atoms with van der Waals surface area (Å²) in [5, 5.41) is 0. The van der Waals surface area contributed by atoms with Crippen LogP contribution in [0.1, 0.15) is 53.4 Å². The molecule has 4 heteroatoms. The molecule has 0 N–H and O–H groups in total. The zero-order chi connectivity index (χ0) is 17.9. The van der Waals surface area contributed by atoms with Crippen LogP contribution in [-0.4, -0.2) is 24.1 Å². The SMILES string of the molecule is C=C1C(=O)O[C@@H]2C=C(C)CCC[C@@H](C)[C@@H](OC(=O)C(C)=CC)C[C@@H]12. The van der Waals surface area contributed by atoms with E-state index in [1.54, 1.807) is 13.0 Å². The smallest absolute Gasteiger partial charge is 0.334 e. The molecule has 1 heterocycles. The Morgan fingerprint density at radius 3 is 2.83 bits per heavy atom. The second-order valence-electron chi connectivity index (χ2n) is 7.04. The summed E-state index contributed by atoms with van der Waals surface area (Å²) < 4.78 is 11.2. The van der Waals surface area contributed by atoms with E-state index in [4.69, 9.17) is 9.47 Å². The van der Waals surface area contributed by atoms with Crippen LogP contribution in [0, 0.1) is 11.8 Å². The standard InChI is InChI=1S/C20H28O4/c1-6-13(3)19(21)23-17-11-16-15(5)20(22)24-18(16)10-12(2)8-7-9-14(17)4/h6,10,14,16-18H,5,7-9,11H2,1-4H3/t14-,16+,17+,18-/m1/s1. The van der Waals surface area contributed by atoms with Crippen LogP contribution >= 0.6 is 0 Å². The summed E-state index contributed by atoms with van der Waals surface area (Å²) in [5.41, 5.74) is 2.32. The number of hydrogen-bond acceptors (Lipinski definition) is 4. The third kappa shape index (κ3) is 4.16. The average Bonchev–Trinajstić information content (AvgIpc) is 2.79. The summed E-state index contributed by atoms with van der Waals surface area (Å²) in [6.45, 7) is 11.7. The van der Waals surface area contributed by atoms with Crippen molar-refractivity contribution in [3.05, 3.63) is 35.5 Å². The van der Waals surface area contributed by atoms with Gasteiger partial charge < -0.3 is 9.47 Å². The first-order chi connectivity index (χ1) is 11.3. The highest BCUT2D eigenvalue weighted by Crippen LogP contribution is 2.36. The number of rotatable bonds is 2. The minimum atomic E-state index is -0.337. The highest BCUT2D eigenvalue weighted by Gasteiger charge is 2.40. The van der Waals surface area contributed by atoms with Crippen LogP contribution in [0.4, 0.5) is 0 Å². The Morgan fingerprint density at radius 1 is 1.46 bits per heavy atom. The maximum absolute atomic E-state index is 12.2. The van der Waals surface area contributed by atoms with Gasteiger partial charge in [-0.2, -0.15) is 0 Å². The van der Waals surface area contributed by atoms with Gasteiger partial charge >= 0.3 is 11.9 Å². The van der Waals surface area contributed by atoms with Gasteiger partial charge in [-0.15, -0.1) is 0 Å². The van der Waals surface area contributed by atoms with E-state index in [1.807, 2.05) is 13.0 Å². The molecular weight excluding hydrogens is 304 g/mol. The van der Waals surface area contributed by atoms with Crippen molar-refractivity contribution < 1.29 is 19.1 Å². The minimum absolute atomic E-state index is 0.128. The first kappa shape index (κ1) is 18.5. The monoisotopic (exact) mass is 332 g/mol. The lowest BCUT2D eigenvalue weighted by atomic mass is 9.83. The molecule has 0 unspecified atom stereocenters. The van der Waals surface area contributed by atoms with Gasteiger partial charge in [-0.3, -0.25) is 0 Å². The van der Waals surface area contributed by atoms with Crippen molar-refractivity contribution >= 4 is 11.9 Å². The summed E-state index contributed by atoms with van der Waals surface area (Å²) in [4.78, 5) is 24.1. The van der Waals surface area contributed by atoms with Crippen LogP contribution in [0.25, 0.3) is 0 Å². The van der Waals surface area contributed by atoms with Gasteiger partial charge in [0.1, 0.15) is 12.2 Å². The fourth-order valence-corrected chi connectivity index (χ4v) is 3.31. The molecule has 2 aliphatic rings. The van der Waals surface area contributed by atoms with Gasteiger partial charge in [0.2, 0.25) is 0 Å². The van der Waals surface area contributed by atoms with Crippen molar-refractivity contribution in [2.75, 3.05) is 0 Å². The second kappa shape index (κ2) is 7.82. The maximum Gasteiger partial charge on any atom is 0.334 e. The highest BCUT2D eigenvalue weighted by molar-refractivity contribution is 5.91. The highest BCUT2D eigenvalue weighted by atomic mass is 16.6. The quantitative estimate of drug-likeness (QED) is 0.434. The van der Waals surface area contributed by atoms with Gasteiger partial charge in [0.05, 0.1) is 0 Å². The van der Waals surface area contributed by atoms with E-state index in [-0.39, 0.29) is 36.0 Å². The van der Waals surface area contributed by atoms with Crippen LogP contribution in [0.15, 0.2) is 35.5 Å². The Hall–Kier alpha value is -1.84. The molecule has 1 fully saturated rings. The lowest BCUT2D eigenvalue weighted by Gasteiger charge is -2.29. The number of esters is 2. The number of carbonyl (C=O) groups excluding carboxylic acids is 2. The predicted octanol–water partition coefficient (Wildman–Crippen LogP) is 4.12. The van der Waals surface area contributed by atoms with Crippen LogP contribution < -0.4 is 0 Å². The predicted molar refractivity (Wildman–Crippen MR) is 93.2 cm³/mol. The molecule has 1 saturated heterocycles. The first-order valence-corrected chi connectivity index (χ1v) is 8.74. The fraction of sp³-hybridized carbons (Fsp3) is 0.600. The van der Waals surface area contributed by atoms with E-state index in [9.17, 15) is 9.59 Å². The molecule has 0 radical (unpaired) electrons. The molecule has 0 aromatic heterocycles. The zero-order valence-electron chi connectivity index (χ0n) is 15.1. The third-order valence-corrected chi connectivity index (χ3v) is 5.16. The summed E-state index contributed by atoms with van der Waals surface area (Å²) in [5.74, 6) is -0.522. The minimum Gasteiger partial charge on any atom is -0.459 e. The zero-order valence-corrected chi connectivity index (χ0v) is 15.1. The molecule has 132 valence electrons. The van der Waals surface area contributed by atoms with Crippen molar-refractivity contribution in [2.45, 2.75) is 65.6 Å². The van der Waals surface area contributed by atoms with Crippen molar-refractivity contribution in [3.8, 4) is 0 Å². The Balaban J connectivity index is 2.25. The van der Waals surface area contributed by atoms with E-state index in [0.717, 1.165) is 19.3 Å². The summed E-state index contributed by atoms with van der Waals surface area (Å²) >= 11 is 0. The van der Waals surface area contributed by atoms with Crippen LogP contribution in [0.5, 0.6) is 0 Å². The lowest BCUT2D eigenvalue weighted by Crippen LogP contribution is -2.31. The van der Waals surface area contributed by atoms with E-state index in [1.165, 1.54) is 5.57 Å². The Bertz CT molecular complexity index is 584. The number of hydrogen-bond donors (Lipinski definition) is 0. The largest absolute Gasteiger partial charge is 0.459 e. The molecule has 4 nitrogen and oxygen atoms in total. The average molecular weight is 332 g/mol. The van der Waals surface area contributed by atoms with Crippen LogP contribution in [-0.2, 0) is 19.1 Å². The molecule has 1 aliphatic heterocycles. The molecule has 0 aromatic rings. The van der Waals surface area contributed by atoms with Crippen molar-refractivity contribution in [1.29, 1.82) is 0 Å². The van der Waals surface area contributed by atoms with Crippen molar-refractivity contribution in [2.24, 2.45) is 11.8 Å². The van der Waals surface area contributed by atoms with E-state index < -0.39 is 0 Å². The summed E-state index contributed by atoms with van der Waals surface area (Å²) in [7, 11) is 0. The Kier molecular flexibility index (Phi) is 6.03. The molecule has 24 heavy (non-hydrogen) atoms. The van der Waals surface area contributed by atoms with Gasteiger partial charge in [-0.1, -0.05) is 25.2 Å². The van der Waals surface area contributed by atoms with Crippen LogP contribution in [0.3, 0.4) is 0 Å². The molecule has 4 atom stereocenters. The Labute approximate surface area is 144 Å². The molecule has 0 spiro atoms. The molecule has 0 amide bonds. The molecule has 0 saturated carbocycles. The van der Waals surface area contributed by atoms with Gasteiger partial charge in [-0.05, 0) is 58.4 Å². The lowest BCUT2D eigenvalue weighted by molar-refractivity contribution is -0.148. The number of carbonyl (C=O) groups is 2. The molecule has 0 aromatic carbocycles. The Morgan fingerprint density at radius 2 is 2.17 bits per heavy atom. The molecule has 2 rings (SSSR count). The van der Waals surface area contributed by atoms with Crippen LogP contribution in [0.2, 0.25) is 0 Å². The molecule has 0 bridgehead atoms. The second-order valence-corrected chi connectivity index (χ2v) is 7.04. The van der Waals surface area contributed by atoms with Crippen molar-refractivity contribution in [1.82, 2.24) is 0 Å². The summed E-state index contributed by atoms with van der Waals surface area (Å²) in [6.07, 6.45) is 6.81. The van der Waals surface area contributed by atoms with E-state index in [2.05, 4.69) is 20.4 Å². The topological polar surface area (TPSA) is 52.6 Å². The maximum atomic E-state index is 12.2. The van der Waals surface area contributed by atoms with Gasteiger partial charge in [0.15, 0.2) is 0 Å². The third-order valence-electron chi connectivity index (χ3n) is 5.16. The number of fused-ring (bicyclic) bond motifs is 1. The van der Waals surface area contributed by atoms with Gasteiger partial charge in [0, 0.05) is 17.1 Å².